The number of nitrogens with one attached hydrogen (secondary N) is 2. The van der Waals surface area contributed by atoms with Crippen LogP contribution in [0, 0.1) is 5.41 Å². The standard InChI is InChI=1S/C56H80N8O10S/c1-34(70-8)46-41(26-37(28-57-46)36-16-20-61(29-36)38-13-14-38)48-42(27-55(5,6)33-65)40-25-35(12-15-45(40)63(48)21-24-73-39-17-22-72-23-18-39)44-30-75-50(58-44)49(62-31-56(7,32-62)71-9)47(59-53(69)74-54(2,3)4)51(66)64-19-10-11-43(60-64)52(67)68/h12,15,25-26,28,30,34,36,38-39,43,47,49,60,65H,10-11,13-14,16-24,27,29,31-33H2,1-9H3,(H,59,69)(H,67,68)/t34-,36+,43-,47-,49-/m0/s1. The van der Waals surface area contributed by atoms with E-state index in [9.17, 15) is 24.6 Å². The van der Waals surface area contributed by atoms with Gasteiger partial charge in [0.1, 0.15) is 22.7 Å². The third kappa shape index (κ3) is 12.6. The van der Waals surface area contributed by atoms with Gasteiger partial charge in [-0.2, -0.15) is 0 Å². The summed E-state index contributed by atoms with van der Waals surface area (Å²) in [5.74, 6) is -1.20. The second-order valence-corrected chi connectivity index (χ2v) is 24.4. The average Bonchev–Trinajstić information content (AvgIpc) is 3.76. The van der Waals surface area contributed by atoms with Gasteiger partial charge in [0, 0.05) is 106 Å². The maximum atomic E-state index is 14.9. The van der Waals surface area contributed by atoms with Crippen LogP contribution in [0.15, 0.2) is 35.8 Å². The summed E-state index contributed by atoms with van der Waals surface area (Å²) in [6.45, 7) is 19.2. The number of hydrogen-bond donors (Lipinski definition) is 4. The van der Waals surface area contributed by atoms with Crippen molar-refractivity contribution in [3.63, 3.8) is 0 Å². The van der Waals surface area contributed by atoms with E-state index in [0.717, 1.165) is 71.3 Å². The molecule has 5 aliphatic rings. The van der Waals surface area contributed by atoms with Crippen molar-refractivity contribution >= 4 is 40.2 Å². The Morgan fingerprint density at radius 3 is 2.47 bits per heavy atom. The highest BCUT2D eigenvalue weighted by molar-refractivity contribution is 7.10. The minimum absolute atomic E-state index is 0.0268. The Morgan fingerprint density at radius 2 is 1.79 bits per heavy atom. The minimum atomic E-state index is -1.22. The van der Waals surface area contributed by atoms with Crippen LogP contribution in [0.3, 0.4) is 0 Å². The van der Waals surface area contributed by atoms with Crippen LogP contribution in [-0.2, 0) is 46.2 Å². The summed E-state index contributed by atoms with van der Waals surface area (Å²) in [7, 11) is 3.39. The molecule has 4 saturated heterocycles. The average molecular weight is 1060 g/mol. The van der Waals surface area contributed by atoms with Crippen molar-refractivity contribution in [1.82, 2.24) is 40.1 Å². The Kier molecular flexibility index (Phi) is 16.8. The maximum absolute atomic E-state index is 14.9. The van der Waals surface area contributed by atoms with Crippen molar-refractivity contribution in [2.45, 2.75) is 160 Å². The number of carbonyl (C=O) groups is 3. The van der Waals surface area contributed by atoms with Crippen molar-refractivity contribution < 1.29 is 48.3 Å². The molecule has 0 bridgehead atoms. The number of aliphatic carboxylic acids is 1. The Morgan fingerprint density at radius 1 is 1.03 bits per heavy atom. The number of fused-ring (bicyclic) bond motifs is 1. The first-order chi connectivity index (χ1) is 35.8. The van der Waals surface area contributed by atoms with Gasteiger partial charge >= 0.3 is 12.1 Å². The lowest BCUT2D eigenvalue weighted by Crippen LogP contribution is -2.67. The van der Waals surface area contributed by atoms with Crippen molar-refractivity contribution in [3.8, 4) is 22.5 Å². The van der Waals surface area contributed by atoms with Gasteiger partial charge in [0.15, 0.2) is 0 Å². The highest BCUT2D eigenvalue weighted by Crippen LogP contribution is 2.45. The summed E-state index contributed by atoms with van der Waals surface area (Å²) in [5.41, 5.74) is 8.81. The van der Waals surface area contributed by atoms with Crippen LogP contribution < -0.4 is 10.7 Å². The number of thiazole rings is 1. The number of hydrazine groups is 1. The molecule has 0 spiro atoms. The van der Waals surface area contributed by atoms with Crippen molar-refractivity contribution in [2.24, 2.45) is 5.41 Å². The van der Waals surface area contributed by atoms with E-state index < -0.39 is 52.7 Å². The summed E-state index contributed by atoms with van der Waals surface area (Å²) >= 11 is 1.40. The zero-order valence-electron chi connectivity index (χ0n) is 45.5. The number of likely N-dealkylation sites (tertiary alicyclic amines) is 2. The molecule has 18 nitrogen and oxygen atoms in total. The Bertz CT molecular complexity index is 2670. The fourth-order valence-electron chi connectivity index (χ4n) is 11.4. The number of methoxy groups -OCH3 is 2. The molecule has 9 rings (SSSR count). The molecule has 4 aromatic rings. The summed E-state index contributed by atoms with van der Waals surface area (Å²) in [6, 6.07) is 6.55. The fraction of sp³-hybridized carbons (Fsp3) is 0.661. The van der Waals surface area contributed by atoms with E-state index in [-0.39, 0.29) is 25.4 Å². The highest BCUT2D eigenvalue weighted by atomic mass is 32.1. The second kappa shape index (κ2) is 22.8. The van der Waals surface area contributed by atoms with Gasteiger partial charge in [-0.15, -0.1) is 11.3 Å². The number of carboxylic acids is 1. The molecular formula is C56H80N8O10S. The van der Waals surface area contributed by atoms with E-state index in [4.69, 9.17) is 33.7 Å². The number of alkyl carbamates (subject to hydrolysis) is 1. The number of rotatable bonds is 20. The summed E-state index contributed by atoms with van der Waals surface area (Å²) in [6.07, 6.45) is 7.81. The van der Waals surface area contributed by atoms with Gasteiger partial charge in [0.05, 0.1) is 47.5 Å². The highest BCUT2D eigenvalue weighted by Gasteiger charge is 2.50. The van der Waals surface area contributed by atoms with E-state index >= 15 is 0 Å². The molecule has 4 aliphatic heterocycles. The number of benzene rings is 1. The Balaban J connectivity index is 1.16. The largest absolute Gasteiger partial charge is 0.480 e. The number of hydrogen-bond acceptors (Lipinski definition) is 15. The molecular weight excluding hydrogens is 977 g/mol. The lowest BCUT2D eigenvalue weighted by molar-refractivity contribution is -0.155. The summed E-state index contributed by atoms with van der Waals surface area (Å²) < 4.78 is 32.4. The number of pyridine rings is 1. The SMILES string of the molecule is CO[C@@H](C)c1ncc([C@@H]2CCN(C3CC3)C2)cc1-c1c(CC(C)(C)CO)c2cc(-c3csc([C@H]([C@H](NC(=O)OC(C)(C)C)C(=O)N4CCC[C@@H](C(=O)O)N4)N4CC(C)(OC)C4)n3)ccc2n1CCOC1CCOCC1. The first kappa shape index (κ1) is 55.2. The Hall–Kier alpha value is -4.57. The zero-order valence-corrected chi connectivity index (χ0v) is 46.3. The summed E-state index contributed by atoms with van der Waals surface area (Å²) in [5, 5.41) is 28.7. The van der Waals surface area contributed by atoms with Gasteiger partial charge in [0.25, 0.3) is 5.91 Å². The van der Waals surface area contributed by atoms with Crippen LogP contribution in [0.2, 0.25) is 0 Å². The van der Waals surface area contributed by atoms with Crippen molar-refractivity contribution in [3.05, 3.63) is 57.7 Å². The summed E-state index contributed by atoms with van der Waals surface area (Å²) in [4.78, 5) is 56.1. The van der Waals surface area contributed by atoms with Crippen molar-refractivity contribution in [1.29, 1.82) is 0 Å². The molecule has 75 heavy (non-hydrogen) atoms. The van der Waals surface area contributed by atoms with Crippen molar-refractivity contribution in [2.75, 3.05) is 73.4 Å². The number of nitrogens with zero attached hydrogens (tertiary/aromatic N) is 6. The molecule has 7 heterocycles. The molecule has 3 aromatic heterocycles. The first-order valence-corrected chi connectivity index (χ1v) is 27.9. The molecule has 1 saturated carbocycles. The van der Waals surface area contributed by atoms with E-state index in [1.54, 1.807) is 35.0 Å². The van der Waals surface area contributed by atoms with Gasteiger partial charge in [-0.05, 0) is 133 Å². The molecule has 1 aliphatic carbocycles. The third-order valence-corrected chi connectivity index (χ3v) is 16.7. The quantitative estimate of drug-likeness (QED) is 0.0678. The van der Waals surface area contributed by atoms with Gasteiger partial charge in [-0.25, -0.2) is 15.2 Å². The van der Waals surface area contributed by atoms with Gasteiger partial charge < -0.3 is 43.8 Å². The topological polar surface area (TPSA) is 202 Å². The molecule has 410 valence electrons. The monoisotopic (exact) mass is 1060 g/mol. The van der Waals surface area contributed by atoms with Crippen LogP contribution in [-0.4, -0.2) is 166 Å². The van der Waals surface area contributed by atoms with E-state index in [1.807, 2.05) is 19.2 Å². The number of aromatic nitrogens is 3. The third-order valence-electron chi connectivity index (χ3n) is 15.8. The molecule has 0 radical (unpaired) electrons. The number of aliphatic hydroxyl groups excluding tert-OH is 1. The van der Waals surface area contributed by atoms with Gasteiger partial charge in [-0.1, -0.05) is 19.9 Å². The van der Waals surface area contributed by atoms with Crippen LogP contribution >= 0.6 is 11.3 Å². The van der Waals surface area contributed by atoms with E-state index in [0.29, 0.717) is 81.4 Å². The van der Waals surface area contributed by atoms with Crippen LogP contribution in [0.25, 0.3) is 33.4 Å². The molecule has 5 fully saturated rings. The molecule has 5 atom stereocenters. The zero-order chi connectivity index (χ0) is 53.4. The fourth-order valence-corrected chi connectivity index (χ4v) is 12.4. The Labute approximate surface area is 445 Å². The number of carbonyl (C=O) groups excluding carboxylic acids is 2. The van der Waals surface area contributed by atoms with Crippen LogP contribution in [0.5, 0.6) is 0 Å². The molecule has 2 amide bonds. The van der Waals surface area contributed by atoms with E-state index in [2.05, 4.69) is 69.4 Å². The van der Waals surface area contributed by atoms with Crippen LogP contribution in [0.1, 0.15) is 133 Å². The predicted octanol–water partition coefficient (Wildman–Crippen LogP) is 7.48. The minimum Gasteiger partial charge on any atom is -0.480 e. The lowest BCUT2D eigenvalue weighted by Gasteiger charge is -2.51. The maximum Gasteiger partial charge on any atom is 0.408 e. The van der Waals surface area contributed by atoms with E-state index in [1.165, 1.54) is 34.8 Å². The number of ether oxygens (including phenoxy) is 5. The number of carboxylic acid groups (broad SMARTS) is 1. The number of amides is 2. The molecule has 1 aromatic carbocycles. The second-order valence-electron chi connectivity index (χ2n) is 23.5. The molecule has 4 N–H and O–H groups in total. The van der Waals surface area contributed by atoms with Crippen LogP contribution in [0.4, 0.5) is 4.79 Å². The van der Waals surface area contributed by atoms with Gasteiger partial charge in [0.2, 0.25) is 0 Å². The number of aliphatic hydroxyl groups is 1. The lowest BCUT2D eigenvalue weighted by atomic mass is 9.84. The normalized spacial score (nSPS) is 22.2. The molecule has 19 heteroatoms. The smallest absolute Gasteiger partial charge is 0.408 e. The van der Waals surface area contributed by atoms with Gasteiger partial charge in [-0.3, -0.25) is 29.4 Å². The first-order valence-electron chi connectivity index (χ1n) is 27.0. The molecule has 0 unspecified atom stereocenters. The predicted molar refractivity (Wildman–Crippen MR) is 286 cm³/mol.